The predicted octanol–water partition coefficient (Wildman–Crippen LogP) is 2.57. The molecular weight excluding hydrogens is 290 g/mol. The van der Waals surface area contributed by atoms with Crippen LogP contribution in [0.3, 0.4) is 0 Å². The molecule has 2 saturated heterocycles. The average molecular weight is 317 g/mol. The van der Waals surface area contributed by atoms with E-state index in [1.165, 1.54) is 12.8 Å². The number of carbonyl (C=O) groups excluding carboxylic acids is 1. The molecule has 3 rings (SSSR count). The van der Waals surface area contributed by atoms with Crippen LogP contribution in [-0.2, 0) is 4.74 Å². The molecule has 0 aromatic carbocycles. The number of carbonyl (C=O) groups is 1. The van der Waals surface area contributed by atoms with Crippen LogP contribution in [0.25, 0.3) is 0 Å². The van der Waals surface area contributed by atoms with Crippen molar-refractivity contribution >= 4 is 11.7 Å². The van der Waals surface area contributed by atoms with Gasteiger partial charge in [-0.1, -0.05) is 0 Å². The number of hydrogen-bond acceptors (Lipinski definition) is 4. The Labute approximate surface area is 138 Å². The largest absolute Gasteiger partial charge is 0.384 e. The second-order valence-corrected chi connectivity index (χ2v) is 6.64. The number of pyridine rings is 1. The molecule has 3 heterocycles. The Kier molecular flexibility index (Phi) is 5.49. The maximum Gasteiger partial charge on any atom is 0.257 e. The first-order valence-corrected chi connectivity index (χ1v) is 8.78. The molecule has 1 unspecified atom stereocenters. The van der Waals surface area contributed by atoms with E-state index in [1.54, 1.807) is 13.3 Å². The number of methoxy groups -OCH3 is 1. The highest BCUT2D eigenvalue weighted by atomic mass is 16.5. The van der Waals surface area contributed by atoms with E-state index in [4.69, 9.17) is 4.74 Å². The zero-order valence-electron chi connectivity index (χ0n) is 14.0. The summed E-state index contributed by atoms with van der Waals surface area (Å²) in [4.78, 5) is 21.7. The summed E-state index contributed by atoms with van der Waals surface area (Å²) in [6, 6.07) is 3.80. The number of hydrogen-bond donors (Lipinski definition) is 0. The van der Waals surface area contributed by atoms with E-state index in [2.05, 4.69) is 9.88 Å². The summed E-state index contributed by atoms with van der Waals surface area (Å²) >= 11 is 0. The van der Waals surface area contributed by atoms with Crippen molar-refractivity contribution in [2.75, 3.05) is 44.8 Å². The molecule has 0 saturated carbocycles. The molecule has 23 heavy (non-hydrogen) atoms. The van der Waals surface area contributed by atoms with Crippen molar-refractivity contribution in [2.45, 2.75) is 32.1 Å². The minimum Gasteiger partial charge on any atom is -0.384 e. The van der Waals surface area contributed by atoms with Crippen LogP contribution in [-0.4, -0.2) is 55.7 Å². The summed E-state index contributed by atoms with van der Waals surface area (Å²) in [7, 11) is 1.75. The molecule has 5 nitrogen and oxygen atoms in total. The number of ether oxygens (including phenoxy) is 1. The van der Waals surface area contributed by atoms with Crippen LogP contribution in [0.4, 0.5) is 5.82 Å². The van der Waals surface area contributed by atoms with E-state index < -0.39 is 0 Å². The number of aromatic nitrogens is 1. The molecule has 0 bridgehead atoms. The molecule has 2 aliphatic rings. The molecule has 0 radical (unpaired) electrons. The SMILES string of the molecule is COCC1CCCN(c2ncccc2C(=O)N2CCCCC2)C1. The van der Waals surface area contributed by atoms with Gasteiger partial charge in [-0.2, -0.15) is 0 Å². The van der Waals surface area contributed by atoms with Gasteiger partial charge < -0.3 is 14.5 Å². The van der Waals surface area contributed by atoms with Crippen molar-refractivity contribution in [3.05, 3.63) is 23.9 Å². The number of anilines is 1. The zero-order chi connectivity index (χ0) is 16.1. The van der Waals surface area contributed by atoms with Crippen LogP contribution in [0.1, 0.15) is 42.5 Å². The van der Waals surface area contributed by atoms with Crippen molar-refractivity contribution < 1.29 is 9.53 Å². The lowest BCUT2D eigenvalue weighted by atomic mass is 9.98. The fourth-order valence-corrected chi connectivity index (χ4v) is 3.71. The smallest absolute Gasteiger partial charge is 0.257 e. The van der Waals surface area contributed by atoms with Gasteiger partial charge in [0.15, 0.2) is 0 Å². The van der Waals surface area contributed by atoms with Gasteiger partial charge in [-0.3, -0.25) is 4.79 Å². The quantitative estimate of drug-likeness (QED) is 0.856. The first-order chi connectivity index (χ1) is 11.3. The lowest BCUT2D eigenvalue weighted by molar-refractivity contribution is 0.0724. The number of likely N-dealkylation sites (tertiary alicyclic amines) is 1. The maximum absolute atomic E-state index is 12.9. The molecule has 0 aliphatic carbocycles. The van der Waals surface area contributed by atoms with Crippen molar-refractivity contribution in [3.8, 4) is 0 Å². The molecule has 126 valence electrons. The highest BCUT2D eigenvalue weighted by Crippen LogP contribution is 2.26. The molecule has 5 heteroatoms. The number of piperidine rings is 2. The summed E-state index contributed by atoms with van der Waals surface area (Å²) in [6.45, 7) is 4.42. The Morgan fingerprint density at radius 2 is 2.09 bits per heavy atom. The van der Waals surface area contributed by atoms with Gasteiger partial charge in [0, 0.05) is 39.5 Å². The van der Waals surface area contributed by atoms with Crippen LogP contribution in [0.2, 0.25) is 0 Å². The van der Waals surface area contributed by atoms with Gasteiger partial charge >= 0.3 is 0 Å². The number of nitrogens with zero attached hydrogens (tertiary/aromatic N) is 3. The van der Waals surface area contributed by atoms with Crippen molar-refractivity contribution in [2.24, 2.45) is 5.92 Å². The maximum atomic E-state index is 12.9. The molecule has 0 spiro atoms. The van der Waals surface area contributed by atoms with Gasteiger partial charge in [0.25, 0.3) is 5.91 Å². The molecule has 2 fully saturated rings. The van der Waals surface area contributed by atoms with Gasteiger partial charge in [0.1, 0.15) is 5.82 Å². The van der Waals surface area contributed by atoms with Crippen molar-refractivity contribution in [1.29, 1.82) is 0 Å². The average Bonchev–Trinajstić information content (AvgIpc) is 2.62. The van der Waals surface area contributed by atoms with E-state index in [0.29, 0.717) is 5.92 Å². The van der Waals surface area contributed by atoms with Crippen LogP contribution < -0.4 is 4.90 Å². The summed E-state index contributed by atoms with van der Waals surface area (Å²) < 4.78 is 5.32. The standard InChI is InChI=1S/C18H27N3O2/c1-23-14-15-7-6-12-21(13-15)17-16(8-5-9-19-17)18(22)20-10-3-2-4-11-20/h5,8-9,15H,2-4,6-7,10-14H2,1H3. The second kappa shape index (κ2) is 7.77. The van der Waals surface area contributed by atoms with Crippen molar-refractivity contribution in [3.63, 3.8) is 0 Å². The minimum atomic E-state index is 0.140. The Hall–Kier alpha value is -1.62. The van der Waals surface area contributed by atoms with Gasteiger partial charge in [0.05, 0.1) is 12.2 Å². The second-order valence-electron chi connectivity index (χ2n) is 6.64. The Bertz CT molecular complexity index is 527. The fourth-order valence-electron chi connectivity index (χ4n) is 3.71. The van der Waals surface area contributed by atoms with E-state index in [0.717, 1.165) is 63.4 Å². The molecular formula is C18H27N3O2. The summed E-state index contributed by atoms with van der Waals surface area (Å²) in [6.07, 6.45) is 7.56. The molecule has 1 aromatic rings. The minimum absolute atomic E-state index is 0.140. The molecule has 2 aliphatic heterocycles. The topological polar surface area (TPSA) is 45.7 Å². The third kappa shape index (κ3) is 3.83. The molecule has 1 atom stereocenters. The monoisotopic (exact) mass is 317 g/mol. The Balaban J connectivity index is 1.78. The fraction of sp³-hybridized carbons (Fsp3) is 0.667. The number of amides is 1. The highest BCUT2D eigenvalue weighted by Gasteiger charge is 2.27. The Morgan fingerprint density at radius 3 is 2.87 bits per heavy atom. The molecule has 0 N–H and O–H groups in total. The molecule has 1 amide bonds. The predicted molar refractivity (Wildman–Crippen MR) is 90.8 cm³/mol. The van der Waals surface area contributed by atoms with E-state index in [9.17, 15) is 4.79 Å². The zero-order valence-corrected chi connectivity index (χ0v) is 14.0. The van der Waals surface area contributed by atoms with E-state index >= 15 is 0 Å². The lowest BCUT2D eigenvalue weighted by Gasteiger charge is -2.35. The van der Waals surface area contributed by atoms with Crippen LogP contribution in [0.5, 0.6) is 0 Å². The van der Waals surface area contributed by atoms with Crippen LogP contribution >= 0.6 is 0 Å². The van der Waals surface area contributed by atoms with Gasteiger partial charge in [0.2, 0.25) is 0 Å². The van der Waals surface area contributed by atoms with E-state index in [-0.39, 0.29) is 5.91 Å². The summed E-state index contributed by atoms with van der Waals surface area (Å²) in [5.41, 5.74) is 0.757. The first kappa shape index (κ1) is 16.2. The molecule has 1 aromatic heterocycles. The highest BCUT2D eigenvalue weighted by molar-refractivity contribution is 5.99. The van der Waals surface area contributed by atoms with Crippen LogP contribution in [0, 0.1) is 5.92 Å². The summed E-state index contributed by atoms with van der Waals surface area (Å²) in [5, 5.41) is 0. The van der Waals surface area contributed by atoms with Gasteiger partial charge in [-0.15, -0.1) is 0 Å². The first-order valence-electron chi connectivity index (χ1n) is 8.78. The third-order valence-electron chi connectivity index (χ3n) is 4.88. The van der Waals surface area contributed by atoms with Gasteiger partial charge in [-0.25, -0.2) is 4.98 Å². The van der Waals surface area contributed by atoms with E-state index in [1.807, 2.05) is 17.0 Å². The van der Waals surface area contributed by atoms with Crippen molar-refractivity contribution in [1.82, 2.24) is 9.88 Å². The van der Waals surface area contributed by atoms with Gasteiger partial charge in [-0.05, 0) is 50.2 Å². The normalized spacial score (nSPS) is 22.2. The third-order valence-corrected chi connectivity index (χ3v) is 4.88. The summed E-state index contributed by atoms with van der Waals surface area (Å²) in [5.74, 6) is 1.51. The van der Waals surface area contributed by atoms with Crippen LogP contribution in [0.15, 0.2) is 18.3 Å². The number of rotatable bonds is 4. The Morgan fingerprint density at radius 1 is 1.26 bits per heavy atom. The lowest BCUT2D eigenvalue weighted by Crippen LogP contribution is -2.40.